The fourth-order valence-electron chi connectivity index (χ4n) is 2.65. The molecule has 1 fully saturated rings. The maximum absolute atomic E-state index is 12.4. The Bertz CT molecular complexity index is 768. The number of anilines is 1. The number of aromatic nitrogens is 1. The van der Waals surface area contributed by atoms with E-state index in [-0.39, 0.29) is 5.57 Å². The molecule has 2 heterocycles. The van der Waals surface area contributed by atoms with Crippen LogP contribution in [-0.4, -0.2) is 21.8 Å². The second-order valence-electron chi connectivity index (χ2n) is 5.05. The Morgan fingerprint density at radius 3 is 2.50 bits per heavy atom. The molecule has 0 spiro atoms. The van der Waals surface area contributed by atoms with E-state index < -0.39 is 17.7 Å². The Morgan fingerprint density at radius 2 is 1.86 bits per heavy atom. The Morgan fingerprint density at radius 1 is 1.14 bits per heavy atom. The van der Waals surface area contributed by atoms with Crippen LogP contribution in [0, 0.1) is 6.92 Å². The lowest BCUT2D eigenvalue weighted by molar-refractivity contribution is -0.132. The lowest BCUT2D eigenvalue weighted by Gasteiger charge is -2.24. The third-order valence-electron chi connectivity index (χ3n) is 3.69. The molecule has 5 heteroatoms. The minimum Gasteiger partial charge on any atom is -0.515 e. The first-order valence-corrected chi connectivity index (χ1v) is 6.84. The summed E-state index contributed by atoms with van der Waals surface area (Å²) in [5.74, 6) is -0.969. The number of pyridine rings is 1. The number of amides is 1. The third-order valence-corrected chi connectivity index (χ3v) is 3.69. The molecule has 22 heavy (non-hydrogen) atoms. The predicted molar refractivity (Wildman–Crippen MR) is 81.4 cm³/mol. The van der Waals surface area contributed by atoms with Gasteiger partial charge in [0.15, 0.2) is 0 Å². The number of aliphatic hydroxyl groups excluding tert-OH is 1. The van der Waals surface area contributed by atoms with Crippen LogP contribution >= 0.6 is 0 Å². The van der Waals surface area contributed by atoms with Crippen molar-refractivity contribution in [2.24, 2.45) is 0 Å². The van der Waals surface area contributed by atoms with Crippen LogP contribution in [0.2, 0.25) is 0 Å². The number of aliphatic hydroxyl groups is 1. The predicted octanol–water partition coefficient (Wildman–Crippen LogP) is 2.49. The van der Waals surface area contributed by atoms with Crippen molar-refractivity contribution in [1.82, 2.24) is 4.98 Å². The van der Waals surface area contributed by atoms with Crippen molar-refractivity contribution in [2.45, 2.75) is 13.0 Å². The monoisotopic (exact) mass is 294 g/mol. The summed E-state index contributed by atoms with van der Waals surface area (Å²) in [7, 11) is 0. The van der Waals surface area contributed by atoms with Crippen molar-refractivity contribution in [2.75, 3.05) is 4.90 Å². The molecule has 3 rings (SSSR count). The summed E-state index contributed by atoms with van der Waals surface area (Å²) in [6.07, 6.45) is 2.29. The number of benzene rings is 1. The Labute approximate surface area is 127 Å². The van der Waals surface area contributed by atoms with Crippen molar-refractivity contribution in [3.8, 4) is 0 Å². The number of carbonyl (C=O) groups excluding carboxylic acids is 2. The molecule has 110 valence electrons. The van der Waals surface area contributed by atoms with Gasteiger partial charge in [-0.2, -0.15) is 0 Å². The molecule has 2 aromatic rings. The zero-order chi connectivity index (χ0) is 15.7. The summed E-state index contributed by atoms with van der Waals surface area (Å²) in [6.45, 7) is 1.82. The van der Waals surface area contributed by atoms with Gasteiger partial charge in [-0.05, 0) is 24.1 Å². The van der Waals surface area contributed by atoms with E-state index in [9.17, 15) is 14.7 Å². The second kappa shape index (κ2) is 5.44. The van der Waals surface area contributed by atoms with Gasteiger partial charge in [0.2, 0.25) is 0 Å². The van der Waals surface area contributed by atoms with Gasteiger partial charge in [0, 0.05) is 6.20 Å². The van der Waals surface area contributed by atoms with Crippen molar-refractivity contribution < 1.29 is 14.7 Å². The average Bonchev–Trinajstić information content (AvgIpc) is 2.80. The van der Waals surface area contributed by atoms with Gasteiger partial charge in [-0.25, -0.2) is 4.98 Å². The Balaban J connectivity index is 2.20. The number of Topliss-reactive ketones (excluding diaryl/α,β-unsaturated/α-hetero) is 1. The maximum Gasteiger partial charge on any atom is 0.301 e. The molecular formula is C17H14N2O3. The van der Waals surface area contributed by atoms with Crippen LogP contribution < -0.4 is 4.90 Å². The van der Waals surface area contributed by atoms with E-state index in [0.29, 0.717) is 5.82 Å². The number of aryl methyl sites for hydroxylation is 1. The molecule has 1 saturated heterocycles. The molecule has 1 N–H and O–H groups in total. The first-order chi connectivity index (χ1) is 10.6. The summed E-state index contributed by atoms with van der Waals surface area (Å²) in [5.41, 5.74) is 1.58. The molecule has 1 aliphatic rings. The van der Waals surface area contributed by atoms with Gasteiger partial charge < -0.3 is 5.11 Å². The average molecular weight is 294 g/mol. The van der Waals surface area contributed by atoms with Crippen molar-refractivity contribution >= 4 is 17.5 Å². The van der Waals surface area contributed by atoms with Gasteiger partial charge in [-0.1, -0.05) is 36.4 Å². The minimum absolute atomic E-state index is 0.0567. The Hall–Kier alpha value is -2.95. The number of nitrogens with zero attached hydrogens (tertiary/aromatic N) is 2. The van der Waals surface area contributed by atoms with Gasteiger partial charge in [0.05, 0.1) is 17.9 Å². The molecule has 1 aromatic carbocycles. The van der Waals surface area contributed by atoms with E-state index in [4.69, 9.17) is 0 Å². The second-order valence-corrected chi connectivity index (χ2v) is 5.05. The van der Waals surface area contributed by atoms with Gasteiger partial charge in [0.25, 0.3) is 5.78 Å². The van der Waals surface area contributed by atoms with Crippen LogP contribution in [0.3, 0.4) is 0 Å². The summed E-state index contributed by atoms with van der Waals surface area (Å²) in [5, 5.41) is 9.44. The van der Waals surface area contributed by atoms with Crippen molar-refractivity contribution in [3.05, 3.63) is 71.6 Å². The van der Waals surface area contributed by atoms with E-state index in [1.807, 2.05) is 43.3 Å². The smallest absolute Gasteiger partial charge is 0.301 e. The molecule has 5 nitrogen and oxygen atoms in total. The maximum atomic E-state index is 12.4. The highest BCUT2D eigenvalue weighted by molar-refractivity contribution is 6.50. The summed E-state index contributed by atoms with van der Waals surface area (Å²) in [4.78, 5) is 30.1. The van der Waals surface area contributed by atoms with E-state index in [1.165, 1.54) is 4.90 Å². The number of rotatable bonds is 2. The minimum atomic E-state index is -0.707. The quantitative estimate of drug-likeness (QED) is 0.525. The number of carbonyl (C=O) groups is 2. The lowest BCUT2D eigenvalue weighted by atomic mass is 10.00. The highest BCUT2D eigenvalue weighted by Crippen LogP contribution is 2.39. The molecule has 1 aliphatic heterocycles. The molecule has 0 radical (unpaired) electrons. The van der Waals surface area contributed by atoms with Gasteiger partial charge in [-0.15, -0.1) is 0 Å². The van der Waals surface area contributed by atoms with Crippen LogP contribution in [0.25, 0.3) is 0 Å². The standard InChI is InChI=1S/C17H14N2O3/c1-11-6-5-9-18-16(11)19-14(12-7-3-2-4-8-12)13(10-20)15(21)17(19)22/h2-10,14,20H,1H3. The van der Waals surface area contributed by atoms with Gasteiger partial charge in [-0.3, -0.25) is 14.5 Å². The number of hydrogen-bond acceptors (Lipinski definition) is 4. The van der Waals surface area contributed by atoms with E-state index in [2.05, 4.69) is 4.98 Å². The molecule has 0 aliphatic carbocycles. The highest BCUT2D eigenvalue weighted by atomic mass is 16.2. The first-order valence-electron chi connectivity index (χ1n) is 6.84. The normalized spacial score (nSPS) is 20.0. The molecule has 1 amide bonds. The van der Waals surface area contributed by atoms with Gasteiger partial charge >= 0.3 is 5.91 Å². The summed E-state index contributed by atoms with van der Waals surface area (Å²) < 4.78 is 0. The van der Waals surface area contributed by atoms with Crippen molar-refractivity contribution in [1.29, 1.82) is 0 Å². The molecule has 1 unspecified atom stereocenters. The van der Waals surface area contributed by atoms with Crippen LogP contribution in [0.5, 0.6) is 0 Å². The third kappa shape index (κ3) is 2.07. The van der Waals surface area contributed by atoms with E-state index >= 15 is 0 Å². The molecule has 0 bridgehead atoms. The molecule has 0 saturated carbocycles. The van der Waals surface area contributed by atoms with E-state index in [0.717, 1.165) is 17.4 Å². The highest BCUT2D eigenvalue weighted by Gasteiger charge is 2.45. The molecule has 1 aromatic heterocycles. The zero-order valence-corrected chi connectivity index (χ0v) is 11.9. The Kier molecular flexibility index (Phi) is 3.47. The van der Waals surface area contributed by atoms with Crippen LogP contribution in [-0.2, 0) is 9.59 Å². The number of hydrogen-bond donors (Lipinski definition) is 1. The molecule has 1 atom stereocenters. The largest absolute Gasteiger partial charge is 0.515 e. The fourth-order valence-corrected chi connectivity index (χ4v) is 2.65. The fraction of sp³-hybridized carbons (Fsp3) is 0.118. The SMILES string of the molecule is Cc1cccnc1N1C(=O)C(=O)C(=CO)C1c1ccccc1. The summed E-state index contributed by atoms with van der Waals surface area (Å²) in [6, 6.07) is 12.0. The van der Waals surface area contributed by atoms with Crippen LogP contribution in [0.15, 0.2) is 60.5 Å². The topological polar surface area (TPSA) is 70.5 Å². The van der Waals surface area contributed by atoms with Crippen LogP contribution in [0.1, 0.15) is 17.2 Å². The van der Waals surface area contributed by atoms with E-state index in [1.54, 1.807) is 12.3 Å². The zero-order valence-electron chi connectivity index (χ0n) is 11.9. The lowest BCUT2D eigenvalue weighted by Crippen LogP contribution is -2.30. The van der Waals surface area contributed by atoms with Gasteiger partial charge in [0.1, 0.15) is 5.82 Å². The summed E-state index contributed by atoms with van der Waals surface area (Å²) >= 11 is 0. The van der Waals surface area contributed by atoms with Crippen molar-refractivity contribution in [3.63, 3.8) is 0 Å². The number of ketones is 1. The van der Waals surface area contributed by atoms with Crippen LogP contribution in [0.4, 0.5) is 5.82 Å². The first kappa shape index (κ1) is 14.0. The molecular weight excluding hydrogens is 280 g/mol.